The summed E-state index contributed by atoms with van der Waals surface area (Å²) < 4.78 is 6.05. The van der Waals surface area contributed by atoms with Gasteiger partial charge in [-0.15, -0.1) is 0 Å². The van der Waals surface area contributed by atoms with Gasteiger partial charge >= 0.3 is 0 Å². The molecule has 0 unspecified atom stereocenters. The summed E-state index contributed by atoms with van der Waals surface area (Å²) in [5.74, 6) is 0.678. The van der Waals surface area contributed by atoms with Crippen LogP contribution in [0.5, 0.6) is 5.75 Å². The first-order valence-electron chi connectivity index (χ1n) is 8.50. The molecule has 3 atom stereocenters. The molecule has 2 aliphatic heterocycles. The molecule has 3 nitrogen and oxygen atoms in total. The van der Waals surface area contributed by atoms with Crippen LogP contribution in [0, 0.1) is 5.92 Å². The van der Waals surface area contributed by atoms with Crippen molar-refractivity contribution in [3.05, 3.63) is 71.8 Å². The minimum absolute atomic E-state index is 0.0531. The molecule has 0 aromatic heterocycles. The van der Waals surface area contributed by atoms with Crippen LogP contribution in [-0.4, -0.2) is 11.7 Å². The number of nitrogens with one attached hydrogen (secondary N) is 1. The van der Waals surface area contributed by atoms with Gasteiger partial charge in [-0.05, 0) is 28.8 Å². The summed E-state index contributed by atoms with van der Waals surface area (Å²) in [5, 5.41) is 16.5. The number of anilines is 1. The van der Waals surface area contributed by atoms with Crippen LogP contribution in [0.1, 0.15) is 29.7 Å². The van der Waals surface area contributed by atoms with Crippen LogP contribution in [0.15, 0.2) is 60.7 Å². The summed E-state index contributed by atoms with van der Waals surface area (Å²) in [7, 11) is 0. The van der Waals surface area contributed by atoms with Gasteiger partial charge in [-0.3, -0.25) is 0 Å². The second kappa shape index (κ2) is 5.25. The van der Waals surface area contributed by atoms with Crippen LogP contribution in [0.2, 0.25) is 0 Å². The van der Waals surface area contributed by atoms with Gasteiger partial charge in [-0.1, -0.05) is 54.6 Å². The molecule has 0 spiro atoms. The number of benzene rings is 3. The number of aromatic hydroxyl groups is 1. The molecule has 0 bridgehead atoms. The van der Waals surface area contributed by atoms with E-state index in [0.717, 1.165) is 24.3 Å². The predicted octanol–water partition coefficient (Wildman–Crippen LogP) is 4.79. The number of phenols is 1. The van der Waals surface area contributed by atoms with Crippen LogP contribution in [0.25, 0.3) is 10.8 Å². The Morgan fingerprint density at radius 2 is 1.71 bits per heavy atom. The first-order chi connectivity index (χ1) is 11.8. The molecule has 1 saturated heterocycles. The lowest BCUT2D eigenvalue weighted by molar-refractivity contribution is 0.0828. The Balaban J connectivity index is 1.70. The molecule has 0 radical (unpaired) electrons. The van der Waals surface area contributed by atoms with Crippen molar-refractivity contribution in [2.24, 2.45) is 5.92 Å². The van der Waals surface area contributed by atoms with Crippen molar-refractivity contribution in [1.29, 1.82) is 0 Å². The maximum Gasteiger partial charge on any atom is 0.139 e. The van der Waals surface area contributed by atoms with Crippen molar-refractivity contribution in [3.8, 4) is 5.75 Å². The van der Waals surface area contributed by atoms with E-state index in [1.54, 1.807) is 6.07 Å². The van der Waals surface area contributed by atoms with Crippen molar-refractivity contribution in [1.82, 2.24) is 0 Å². The van der Waals surface area contributed by atoms with Gasteiger partial charge in [0.05, 0.1) is 17.8 Å². The maximum absolute atomic E-state index is 10.3. The molecule has 1 fully saturated rings. The Bertz CT molecular complexity index is 915. The molecule has 0 saturated carbocycles. The summed E-state index contributed by atoms with van der Waals surface area (Å²) in [6.45, 7) is 0.771. The van der Waals surface area contributed by atoms with Gasteiger partial charge in [0, 0.05) is 18.1 Å². The molecule has 0 aliphatic carbocycles. The number of hydrogen-bond donors (Lipinski definition) is 2. The average molecular weight is 317 g/mol. The fourth-order valence-electron chi connectivity index (χ4n) is 4.31. The number of ether oxygens (including phenoxy) is 1. The first kappa shape index (κ1) is 13.9. The Labute approximate surface area is 140 Å². The highest BCUT2D eigenvalue weighted by Gasteiger charge is 2.42. The largest absolute Gasteiger partial charge is 0.506 e. The number of para-hydroxylation sites is 1. The van der Waals surface area contributed by atoms with Crippen molar-refractivity contribution in [2.45, 2.75) is 18.6 Å². The number of hydrogen-bond acceptors (Lipinski definition) is 3. The van der Waals surface area contributed by atoms with Gasteiger partial charge in [0.2, 0.25) is 0 Å². The molecule has 3 heteroatoms. The summed E-state index contributed by atoms with van der Waals surface area (Å²) in [6.07, 6.45) is 1.08. The number of fused-ring (bicyclic) bond motifs is 4. The Hall–Kier alpha value is -2.52. The van der Waals surface area contributed by atoms with Crippen LogP contribution in [-0.2, 0) is 4.74 Å². The zero-order chi connectivity index (χ0) is 16.1. The monoisotopic (exact) mass is 317 g/mol. The zero-order valence-electron chi connectivity index (χ0n) is 13.3. The fourth-order valence-corrected chi connectivity index (χ4v) is 4.31. The normalized spacial score (nSPS) is 25.1. The summed E-state index contributed by atoms with van der Waals surface area (Å²) in [4.78, 5) is 0. The molecular formula is C21H19NO2. The molecule has 2 aliphatic rings. The van der Waals surface area contributed by atoms with E-state index in [-0.39, 0.29) is 12.1 Å². The second-order valence-electron chi connectivity index (χ2n) is 6.68. The number of rotatable bonds is 1. The fraction of sp³-hybridized carbons (Fsp3) is 0.238. The summed E-state index contributed by atoms with van der Waals surface area (Å²) >= 11 is 0. The molecule has 0 amide bonds. The molecule has 2 N–H and O–H groups in total. The van der Waals surface area contributed by atoms with Gasteiger partial charge < -0.3 is 15.2 Å². The summed E-state index contributed by atoms with van der Waals surface area (Å²) in [6, 6.07) is 20.8. The quantitative estimate of drug-likeness (QED) is 0.634. The van der Waals surface area contributed by atoms with Crippen molar-refractivity contribution < 1.29 is 9.84 Å². The summed E-state index contributed by atoms with van der Waals surface area (Å²) in [5.41, 5.74) is 3.18. The van der Waals surface area contributed by atoms with Gasteiger partial charge in [-0.2, -0.15) is 0 Å². The highest BCUT2D eigenvalue weighted by atomic mass is 16.5. The van der Waals surface area contributed by atoms with Crippen molar-refractivity contribution >= 4 is 16.5 Å². The Morgan fingerprint density at radius 3 is 2.67 bits per heavy atom. The SMILES string of the molecule is Oc1cccc2c1N[C@H](c1cccc3ccccc13)[C@@H]1CCO[C@H]21. The smallest absolute Gasteiger partial charge is 0.139 e. The van der Waals surface area contributed by atoms with E-state index in [4.69, 9.17) is 4.74 Å². The molecule has 24 heavy (non-hydrogen) atoms. The van der Waals surface area contributed by atoms with Gasteiger partial charge in [-0.25, -0.2) is 0 Å². The van der Waals surface area contributed by atoms with E-state index in [1.807, 2.05) is 6.07 Å². The van der Waals surface area contributed by atoms with Gasteiger partial charge in [0.15, 0.2) is 0 Å². The molecule has 2 heterocycles. The molecule has 3 aromatic carbocycles. The van der Waals surface area contributed by atoms with Crippen LogP contribution < -0.4 is 5.32 Å². The van der Waals surface area contributed by atoms with E-state index in [9.17, 15) is 5.11 Å². The minimum atomic E-state index is 0.0531. The lowest BCUT2D eigenvalue weighted by Crippen LogP contribution is -2.29. The topological polar surface area (TPSA) is 41.5 Å². The lowest BCUT2D eigenvalue weighted by atomic mass is 9.79. The van der Waals surface area contributed by atoms with Gasteiger partial charge in [0.25, 0.3) is 0 Å². The highest BCUT2D eigenvalue weighted by Crippen LogP contribution is 2.52. The molecule has 3 aromatic rings. The van der Waals surface area contributed by atoms with E-state index in [2.05, 4.69) is 53.8 Å². The Kier molecular flexibility index (Phi) is 3.03. The third-order valence-corrected chi connectivity index (χ3v) is 5.41. The number of phenolic OH excluding ortho intramolecular Hbond substituents is 1. The van der Waals surface area contributed by atoms with Crippen LogP contribution >= 0.6 is 0 Å². The van der Waals surface area contributed by atoms with E-state index in [1.165, 1.54) is 16.3 Å². The standard InChI is InChI=1S/C21H19NO2/c23-18-10-4-9-16-20(18)22-19(17-11-12-24-21(16)17)15-8-3-6-13-5-1-2-7-14(13)15/h1-10,17,19,21-23H,11-12H2/t17-,19+,21+/m0/s1. The van der Waals surface area contributed by atoms with Crippen LogP contribution in [0.3, 0.4) is 0 Å². The van der Waals surface area contributed by atoms with E-state index in [0.29, 0.717) is 11.7 Å². The molecular weight excluding hydrogens is 298 g/mol. The van der Waals surface area contributed by atoms with Crippen LogP contribution in [0.4, 0.5) is 5.69 Å². The zero-order valence-corrected chi connectivity index (χ0v) is 13.3. The Morgan fingerprint density at radius 1 is 0.917 bits per heavy atom. The second-order valence-corrected chi connectivity index (χ2v) is 6.68. The van der Waals surface area contributed by atoms with Gasteiger partial charge in [0.1, 0.15) is 5.75 Å². The van der Waals surface area contributed by atoms with E-state index < -0.39 is 0 Å². The predicted molar refractivity (Wildman–Crippen MR) is 95.2 cm³/mol. The third kappa shape index (κ3) is 1.95. The maximum atomic E-state index is 10.3. The van der Waals surface area contributed by atoms with Crippen molar-refractivity contribution in [3.63, 3.8) is 0 Å². The first-order valence-corrected chi connectivity index (χ1v) is 8.50. The molecule has 120 valence electrons. The highest BCUT2D eigenvalue weighted by molar-refractivity contribution is 5.86. The molecule has 5 rings (SSSR count). The third-order valence-electron chi connectivity index (χ3n) is 5.41. The lowest BCUT2D eigenvalue weighted by Gasteiger charge is -2.37. The van der Waals surface area contributed by atoms with E-state index >= 15 is 0 Å². The average Bonchev–Trinajstić information content (AvgIpc) is 3.11. The van der Waals surface area contributed by atoms with Crippen molar-refractivity contribution in [2.75, 3.05) is 11.9 Å². The minimum Gasteiger partial charge on any atom is -0.506 e.